The summed E-state index contributed by atoms with van der Waals surface area (Å²) in [6.45, 7) is 6.62. The highest BCUT2D eigenvalue weighted by Gasteiger charge is 2.13. The number of hydrogen-bond donors (Lipinski definition) is 0. The summed E-state index contributed by atoms with van der Waals surface area (Å²) in [5.74, 6) is 0.710. The molecule has 0 radical (unpaired) electrons. The summed E-state index contributed by atoms with van der Waals surface area (Å²) >= 11 is 0. The average Bonchev–Trinajstić information content (AvgIpc) is 2.04. The highest BCUT2D eigenvalue weighted by molar-refractivity contribution is 6.69. The van der Waals surface area contributed by atoms with Gasteiger partial charge < -0.3 is 4.43 Å². The van der Waals surface area contributed by atoms with E-state index in [4.69, 9.17) is 4.43 Å². The van der Waals surface area contributed by atoms with Gasteiger partial charge in [-0.1, -0.05) is 12.2 Å². The Bertz CT molecular complexity index is 201. The molecule has 0 fully saturated rings. The van der Waals surface area contributed by atoms with Crippen molar-refractivity contribution >= 4 is 8.32 Å². The van der Waals surface area contributed by atoms with E-state index in [1.54, 1.807) is 0 Å². The normalized spacial score (nSPS) is 23.8. The lowest BCUT2D eigenvalue weighted by atomic mass is 9.95. The number of rotatable bonds is 3. The zero-order chi connectivity index (χ0) is 9.73. The van der Waals surface area contributed by atoms with Crippen LogP contribution in [0.5, 0.6) is 0 Å². The topological polar surface area (TPSA) is 9.23 Å². The molecular weight excluding hydrogens is 176 g/mol. The lowest BCUT2D eigenvalue weighted by Crippen LogP contribution is -2.22. The molecule has 74 valence electrons. The molecule has 0 aromatic rings. The van der Waals surface area contributed by atoms with Crippen molar-refractivity contribution in [2.75, 3.05) is 0 Å². The fourth-order valence-corrected chi connectivity index (χ4v) is 1.83. The van der Waals surface area contributed by atoms with Crippen LogP contribution in [-0.4, -0.2) is 8.32 Å². The van der Waals surface area contributed by atoms with E-state index in [-0.39, 0.29) is 0 Å². The third-order valence-electron chi connectivity index (χ3n) is 2.08. The van der Waals surface area contributed by atoms with Gasteiger partial charge in [-0.3, -0.25) is 0 Å². The molecule has 1 aliphatic carbocycles. The fraction of sp³-hybridized carbons (Fsp3) is 0.636. The number of hydrogen-bond acceptors (Lipinski definition) is 1. The molecule has 2 heteroatoms. The van der Waals surface area contributed by atoms with Crippen molar-refractivity contribution in [3.63, 3.8) is 0 Å². The van der Waals surface area contributed by atoms with Crippen LogP contribution in [0.3, 0.4) is 0 Å². The summed E-state index contributed by atoms with van der Waals surface area (Å²) in [5, 5.41) is 0. The summed E-state index contributed by atoms with van der Waals surface area (Å²) in [6.07, 6.45) is 12.4. The highest BCUT2D eigenvalue weighted by atomic mass is 28.4. The van der Waals surface area contributed by atoms with Crippen LogP contribution in [0.4, 0.5) is 0 Å². The summed E-state index contributed by atoms with van der Waals surface area (Å²) in [5.41, 5.74) is 0. The summed E-state index contributed by atoms with van der Waals surface area (Å²) in [6, 6.07) is 0. The molecule has 1 rings (SSSR count). The minimum absolute atomic E-state index is 0.710. The van der Waals surface area contributed by atoms with Crippen molar-refractivity contribution in [1.82, 2.24) is 0 Å². The third kappa shape index (κ3) is 4.93. The first-order valence-electron chi connectivity index (χ1n) is 5.07. The Morgan fingerprint density at radius 1 is 1.31 bits per heavy atom. The van der Waals surface area contributed by atoms with Crippen molar-refractivity contribution in [2.24, 2.45) is 5.92 Å². The standard InChI is InChI=1S/C11H20OSi/c1-13(2,3)12-10-9-11-7-5-4-6-8-11/h4-5,9-11H,6-8H2,1-3H3/b10-9-. The van der Waals surface area contributed by atoms with Crippen LogP contribution < -0.4 is 0 Å². The predicted molar refractivity (Wildman–Crippen MR) is 60.1 cm³/mol. The molecule has 0 spiro atoms. The quantitative estimate of drug-likeness (QED) is 0.380. The Labute approximate surface area is 82.6 Å². The van der Waals surface area contributed by atoms with Gasteiger partial charge in [0.05, 0.1) is 6.26 Å². The molecule has 1 atom stereocenters. The van der Waals surface area contributed by atoms with E-state index in [0.29, 0.717) is 5.92 Å². The van der Waals surface area contributed by atoms with Gasteiger partial charge >= 0.3 is 0 Å². The maximum absolute atomic E-state index is 5.67. The summed E-state index contributed by atoms with van der Waals surface area (Å²) in [7, 11) is -1.35. The Balaban J connectivity index is 2.27. The number of allylic oxidation sites excluding steroid dienone is 3. The van der Waals surface area contributed by atoms with E-state index in [2.05, 4.69) is 37.9 Å². The molecule has 0 aromatic heterocycles. The van der Waals surface area contributed by atoms with Crippen LogP contribution in [0.2, 0.25) is 19.6 Å². The van der Waals surface area contributed by atoms with Crippen LogP contribution in [0.15, 0.2) is 24.5 Å². The Morgan fingerprint density at radius 3 is 2.62 bits per heavy atom. The van der Waals surface area contributed by atoms with Crippen LogP contribution in [-0.2, 0) is 4.43 Å². The maximum Gasteiger partial charge on any atom is 0.241 e. The van der Waals surface area contributed by atoms with Crippen molar-refractivity contribution in [2.45, 2.75) is 38.9 Å². The molecule has 0 saturated heterocycles. The van der Waals surface area contributed by atoms with Gasteiger partial charge in [0.25, 0.3) is 0 Å². The van der Waals surface area contributed by atoms with Crippen LogP contribution in [0.1, 0.15) is 19.3 Å². The Hall–Kier alpha value is -0.503. The first kappa shape index (κ1) is 10.6. The molecule has 0 aromatic carbocycles. The smallest absolute Gasteiger partial charge is 0.241 e. The second-order valence-corrected chi connectivity index (χ2v) is 9.06. The van der Waals surface area contributed by atoms with E-state index in [0.717, 1.165) is 0 Å². The second kappa shape index (κ2) is 4.65. The Kier molecular flexibility index (Phi) is 3.79. The van der Waals surface area contributed by atoms with Gasteiger partial charge in [0.2, 0.25) is 8.32 Å². The minimum atomic E-state index is -1.35. The first-order chi connectivity index (χ1) is 6.08. The molecule has 0 heterocycles. The van der Waals surface area contributed by atoms with Crippen molar-refractivity contribution in [3.8, 4) is 0 Å². The molecule has 1 nitrogen and oxygen atoms in total. The summed E-state index contributed by atoms with van der Waals surface area (Å²) < 4.78 is 5.67. The van der Waals surface area contributed by atoms with E-state index in [1.807, 2.05) is 6.26 Å². The van der Waals surface area contributed by atoms with Gasteiger partial charge in [-0.25, -0.2) is 0 Å². The SMILES string of the molecule is C[Si](C)(C)O/C=C\C1CC=CCC1. The largest absolute Gasteiger partial charge is 0.550 e. The Morgan fingerprint density at radius 2 is 2.08 bits per heavy atom. The third-order valence-corrected chi connectivity index (χ3v) is 2.93. The molecule has 13 heavy (non-hydrogen) atoms. The zero-order valence-corrected chi connectivity index (χ0v) is 9.92. The van der Waals surface area contributed by atoms with E-state index in [1.165, 1.54) is 19.3 Å². The van der Waals surface area contributed by atoms with Crippen molar-refractivity contribution in [3.05, 3.63) is 24.5 Å². The molecule has 0 amide bonds. The molecule has 1 aliphatic rings. The predicted octanol–water partition coefficient (Wildman–Crippen LogP) is 3.71. The van der Waals surface area contributed by atoms with Crippen LogP contribution in [0, 0.1) is 5.92 Å². The maximum atomic E-state index is 5.67. The fourth-order valence-electron chi connectivity index (χ4n) is 1.35. The molecule has 0 saturated carbocycles. The lowest BCUT2D eigenvalue weighted by molar-refractivity contribution is 0.464. The van der Waals surface area contributed by atoms with Crippen LogP contribution >= 0.6 is 0 Å². The van der Waals surface area contributed by atoms with Gasteiger partial charge in [0.1, 0.15) is 0 Å². The average molecular weight is 196 g/mol. The second-order valence-electron chi connectivity index (χ2n) is 4.60. The van der Waals surface area contributed by atoms with Gasteiger partial charge in [0.15, 0.2) is 0 Å². The van der Waals surface area contributed by atoms with Crippen molar-refractivity contribution < 1.29 is 4.43 Å². The first-order valence-corrected chi connectivity index (χ1v) is 8.48. The van der Waals surface area contributed by atoms with E-state index >= 15 is 0 Å². The van der Waals surface area contributed by atoms with E-state index < -0.39 is 8.32 Å². The summed E-state index contributed by atoms with van der Waals surface area (Å²) in [4.78, 5) is 0. The van der Waals surface area contributed by atoms with Gasteiger partial charge in [-0.05, 0) is 50.9 Å². The monoisotopic (exact) mass is 196 g/mol. The molecule has 0 N–H and O–H groups in total. The van der Waals surface area contributed by atoms with E-state index in [9.17, 15) is 0 Å². The van der Waals surface area contributed by atoms with Crippen LogP contribution in [0.25, 0.3) is 0 Å². The van der Waals surface area contributed by atoms with Gasteiger partial charge in [-0.2, -0.15) is 0 Å². The molecule has 0 aliphatic heterocycles. The van der Waals surface area contributed by atoms with Gasteiger partial charge in [0, 0.05) is 0 Å². The minimum Gasteiger partial charge on any atom is -0.550 e. The van der Waals surface area contributed by atoms with Gasteiger partial charge in [-0.15, -0.1) is 0 Å². The molecule has 1 unspecified atom stereocenters. The zero-order valence-electron chi connectivity index (χ0n) is 8.92. The highest BCUT2D eigenvalue weighted by Crippen LogP contribution is 2.19. The molecule has 0 bridgehead atoms. The lowest BCUT2D eigenvalue weighted by Gasteiger charge is -2.17. The van der Waals surface area contributed by atoms with Crippen molar-refractivity contribution in [1.29, 1.82) is 0 Å². The molecular formula is C11H20OSi.